The number of rotatable bonds is 4. The van der Waals surface area contributed by atoms with Crippen LogP contribution in [0.1, 0.15) is 36.8 Å². The van der Waals surface area contributed by atoms with Crippen molar-refractivity contribution in [3.8, 4) is 22.2 Å². The highest BCUT2D eigenvalue weighted by atomic mass is 32.1. The van der Waals surface area contributed by atoms with Crippen molar-refractivity contribution in [1.82, 2.24) is 15.0 Å². The Bertz CT molecular complexity index is 927. The minimum Gasteiger partial charge on any atom is -0.504 e. The van der Waals surface area contributed by atoms with Gasteiger partial charge in [0.05, 0.1) is 17.7 Å². The molecule has 136 valence electrons. The lowest BCUT2D eigenvalue weighted by molar-refractivity contribution is 0.102. The van der Waals surface area contributed by atoms with E-state index < -0.39 is 0 Å². The fraction of sp³-hybridized carbons (Fsp3) is 0.278. The summed E-state index contributed by atoms with van der Waals surface area (Å²) in [5, 5.41) is 13.0. The van der Waals surface area contributed by atoms with Crippen LogP contribution in [0.25, 0.3) is 10.7 Å². The number of carbonyl (C=O) groups excluding carboxylic acids is 1. The number of amides is 1. The topological polar surface area (TPSA) is 100 Å². The molecule has 0 aliphatic heterocycles. The van der Waals surface area contributed by atoms with Gasteiger partial charge < -0.3 is 14.8 Å². The summed E-state index contributed by atoms with van der Waals surface area (Å²) in [7, 11) is 1.43. The zero-order valence-electron chi connectivity index (χ0n) is 15.0. The molecule has 3 rings (SSSR count). The number of hydrogen-bond acceptors (Lipinski definition) is 6. The smallest absolute Gasteiger partial charge is 0.257 e. The number of nitrogens with one attached hydrogen (secondary N) is 2. The first kappa shape index (κ1) is 17.9. The molecule has 0 aliphatic rings. The maximum absolute atomic E-state index is 12.5. The molecule has 0 spiro atoms. The first-order valence-electron chi connectivity index (χ1n) is 7.99. The number of benzene rings is 1. The molecular weight excluding hydrogens is 352 g/mol. The summed E-state index contributed by atoms with van der Waals surface area (Å²) in [6, 6.07) is 4.43. The summed E-state index contributed by atoms with van der Waals surface area (Å²) >= 11 is 1.36. The highest BCUT2D eigenvalue weighted by Crippen LogP contribution is 2.38. The molecule has 8 heteroatoms. The number of phenolic OH excluding ortho intramolecular Hbond substituents is 1. The van der Waals surface area contributed by atoms with E-state index in [-0.39, 0.29) is 22.8 Å². The van der Waals surface area contributed by atoms with E-state index in [1.165, 1.54) is 36.6 Å². The van der Waals surface area contributed by atoms with Crippen molar-refractivity contribution in [3.63, 3.8) is 0 Å². The average Bonchev–Trinajstić information content (AvgIpc) is 3.23. The third-order valence-corrected chi connectivity index (χ3v) is 4.69. The molecule has 0 aliphatic carbocycles. The number of imidazole rings is 1. The van der Waals surface area contributed by atoms with Crippen molar-refractivity contribution in [2.45, 2.75) is 26.2 Å². The summed E-state index contributed by atoms with van der Waals surface area (Å²) in [5.74, 6) is 0.611. The number of aromatic hydroxyl groups is 1. The maximum Gasteiger partial charge on any atom is 0.257 e. The Morgan fingerprint density at radius 2 is 2.12 bits per heavy atom. The number of nitrogens with zero attached hydrogens (tertiary/aromatic N) is 2. The standard InChI is InChI=1S/C18H20N4O3S/c1-18(2,3)14-13(15-19-7-8-20-15)26-17(21-14)22-16(24)10-5-6-11(23)12(9-10)25-4/h5-9,23H,1-4H3,(H,19,20)(H,21,22,24). The van der Waals surface area contributed by atoms with Gasteiger partial charge in [0.1, 0.15) is 5.82 Å². The number of thiazole rings is 1. The highest BCUT2D eigenvalue weighted by molar-refractivity contribution is 7.19. The zero-order chi connectivity index (χ0) is 18.9. The lowest BCUT2D eigenvalue weighted by atomic mass is 9.91. The molecule has 0 bridgehead atoms. The van der Waals surface area contributed by atoms with Gasteiger partial charge in [0, 0.05) is 23.4 Å². The second kappa shape index (κ2) is 6.80. The van der Waals surface area contributed by atoms with Gasteiger partial charge in [-0.1, -0.05) is 32.1 Å². The largest absolute Gasteiger partial charge is 0.504 e. The second-order valence-electron chi connectivity index (χ2n) is 6.73. The van der Waals surface area contributed by atoms with Gasteiger partial charge in [-0.05, 0) is 18.2 Å². The fourth-order valence-corrected chi connectivity index (χ4v) is 3.55. The maximum atomic E-state index is 12.5. The number of phenols is 1. The van der Waals surface area contributed by atoms with Gasteiger partial charge >= 0.3 is 0 Å². The van der Waals surface area contributed by atoms with Gasteiger partial charge in [-0.3, -0.25) is 10.1 Å². The number of H-pyrrole nitrogens is 1. The lowest BCUT2D eigenvalue weighted by Crippen LogP contribution is -2.15. The van der Waals surface area contributed by atoms with Crippen LogP contribution in [0.15, 0.2) is 30.6 Å². The number of aromatic nitrogens is 3. The monoisotopic (exact) mass is 372 g/mol. The molecule has 0 fully saturated rings. The molecular formula is C18H20N4O3S. The molecule has 2 heterocycles. The van der Waals surface area contributed by atoms with Crippen molar-refractivity contribution < 1.29 is 14.6 Å². The van der Waals surface area contributed by atoms with Crippen LogP contribution in [0, 0.1) is 0 Å². The van der Waals surface area contributed by atoms with Crippen LogP contribution >= 0.6 is 11.3 Å². The minimum atomic E-state index is -0.330. The normalized spacial score (nSPS) is 11.4. The van der Waals surface area contributed by atoms with E-state index in [1.807, 2.05) is 0 Å². The Morgan fingerprint density at radius 3 is 2.73 bits per heavy atom. The van der Waals surface area contributed by atoms with Gasteiger partial charge in [0.25, 0.3) is 5.91 Å². The van der Waals surface area contributed by atoms with E-state index in [0.717, 1.165) is 16.4 Å². The molecule has 3 aromatic rings. The van der Waals surface area contributed by atoms with Crippen LogP contribution in [-0.4, -0.2) is 33.1 Å². The molecule has 7 nitrogen and oxygen atoms in total. The molecule has 0 saturated carbocycles. The van der Waals surface area contributed by atoms with Crippen LogP contribution < -0.4 is 10.1 Å². The van der Waals surface area contributed by atoms with E-state index >= 15 is 0 Å². The van der Waals surface area contributed by atoms with Gasteiger partial charge in [-0.25, -0.2) is 9.97 Å². The van der Waals surface area contributed by atoms with Crippen LogP contribution in [0.2, 0.25) is 0 Å². The predicted octanol–water partition coefficient (Wildman–Crippen LogP) is 3.80. The SMILES string of the molecule is COc1cc(C(=O)Nc2nc(C(C)(C)C)c(-c3ncc[nH]3)s2)ccc1O. The molecule has 0 saturated heterocycles. The van der Waals surface area contributed by atoms with Crippen LogP contribution in [-0.2, 0) is 5.41 Å². The quantitative estimate of drug-likeness (QED) is 0.647. The highest BCUT2D eigenvalue weighted by Gasteiger charge is 2.26. The van der Waals surface area contributed by atoms with Gasteiger partial charge in [-0.2, -0.15) is 0 Å². The number of aromatic amines is 1. The Hall–Kier alpha value is -2.87. The van der Waals surface area contributed by atoms with Crippen molar-refractivity contribution in [3.05, 3.63) is 41.9 Å². The van der Waals surface area contributed by atoms with E-state index in [9.17, 15) is 9.90 Å². The molecule has 3 N–H and O–H groups in total. The third-order valence-electron chi connectivity index (χ3n) is 3.71. The first-order valence-corrected chi connectivity index (χ1v) is 8.80. The summed E-state index contributed by atoms with van der Waals surface area (Å²) < 4.78 is 5.05. The number of carbonyl (C=O) groups is 1. The van der Waals surface area contributed by atoms with Crippen LogP contribution in [0.3, 0.4) is 0 Å². The molecule has 1 amide bonds. The van der Waals surface area contributed by atoms with Crippen LogP contribution in [0.5, 0.6) is 11.5 Å². The minimum absolute atomic E-state index is 0.0200. The Balaban J connectivity index is 1.92. The fourth-order valence-electron chi connectivity index (χ4n) is 2.42. The molecule has 0 atom stereocenters. The van der Waals surface area contributed by atoms with Crippen LogP contribution in [0.4, 0.5) is 5.13 Å². The molecule has 0 unspecified atom stereocenters. The predicted molar refractivity (Wildman–Crippen MR) is 101 cm³/mol. The summed E-state index contributed by atoms with van der Waals surface area (Å²) in [6.45, 7) is 6.18. The van der Waals surface area contributed by atoms with Crippen molar-refractivity contribution >= 4 is 22.4 Å². The number of ether oxygens (including phenoxy) is 1. The van der Waals surface area contributed by atoms with Crippen molar-refractivity contribution in [2.75, 3.05) is 12.4 Å². The number of methoxy groups -OCH3 is 1. The zero-order valence-corrected chi connectivity index (χ0v) is 15.8. The Labute approximate surface area is 155 Å². The molecule has 0 radical (unpaired) electrons. The number of anilines is 1. The first-order chi connectivity index (χ1) is 12.3. The molecule has 26 heavy (non-hydrogen) atoms. The molecule has 2 aromatic heterocycles. The number of hydrogen-bond donors (Lipinski definition) is 3. The molecule has 1 aromatic carbocycles. The van der Waals surface area contributed by atoms with Gasteiger partial charge in [0.15, 0.2) is 16.6 Å². The summed E-state index contributed by atoms with van der Waals surface area (Å²) in [6.07, 6.45) is 3.44. The lowest BCUT2D eigenvalue weighted by Gasteiger charge is -2.16. The van der Waals surface area contributed by atoms with E-state index in [0.29, 0.717) is 10.7 Å². The Morgan fingerprint density at radius 1 is 1.35 bits per heavy atom. The summed E-state index contributed by atoms with van der Waals surface area (Å²) in [4.78, 5) is 25.4. The second-order valence-corrected chi connectivity index (χ2v) is 7.72. The summed E-state index contributed by atoms with van der Waals surface area (Å²) in [5.41, 5.74) is 1.02. The Kier molecular flexibility index (Phi) is 4.69. The third kappa shape index (κ3) is 3.55. The average molecular weight is 372 g/mol. The van der Waals surface area contributed by atoms with E-state index in [1.54, 1.807) is 12.4 Å². The van der Waals surface area contributed by atoms with E-state index in [2.05, 4.69) is 41.0 Å². The van der Waals surface area contributed by atoms with Gasteiger partial charge in [-0.15, -0.1) is 0 Å². The van der Waals surface area contributed by atoms with Gasteiger partial charge in [0.2, 0.25) is 0 Å². The van der Waals surface area contributed by atoms with Crippen molar-refractivity contribution in [1.29, 1.82) is 0 Å². The van der Waals surface area contributed by atoms with E-state index in [4.69, 9.17) is 4.74 Å². The van der Waals surface area contributed by atoms with Crippen molar-refractivity contribution in [2.24, 2.45) is 0 Å².